The number of hydrogen-bond acceptors (Lipinski definition) is 1. The highest BCUT2D eigenvalue weighted by Gasteiger charge is 2.42. The van der Waals surface area contributed by atoms with Gasteiger partial charge in [-0.1, -0.05) is 32.9 Å². The summed E-state index contributed by atoms with van der Waals surface area (Å²) in [6.07, 6.45) is 2.41. The largest absolute Gasteiger partial charge is 0.325 e. The quantitative estimate of drug-likeness (QED) is 0.785. The summed E-state index contributed by atoms with van der Waals surface area (Å²) in [7, 11) is 0. The molecule has 3 rings (SSSR count). The molecular weight excluding hydrogens is 210 g/mol. The van der Waals surface area contributed by atoms with E-state index in [0.29, 0.717) is 5.92 Å². The number of carbonyl (C=O) groups excluding carboxylic acids is 1. The first-order valence-corrected chi connectivity index (χ1v) is 6.42. The molecule has 1 unspecified atom stereocenters. The van der Waals surface area contributed by atoms with Crippen LogP contribution in [0, 0.1) is 5.92 Å². The van der Waals surface area contributed by atoms with Gasteiger partial charge in [-0.05, 0) is 41.4 Å². The minimum absolute atomic E-state index is 0.118. The van der Waals surface area contributed by atoms with Gasteiger partial charge in [0.1, 0.15) is 0 Å². The second kappa shape index (κ2) is 3.34. The Morgan fingerprint density at radius 3 is 2.53 bits per heavy atom. The fourth-order valence-electron chi connectivity index (χ4n) is 2.65. The van der Waals surface area contributed by atoms with Gasteiger partial charge in [0, 0.05) is 5.69 Å². The molecule has 2 aliphatic rings. The Bertz CT molecular complexity index is 480. The van der Waals surface area contributed by atoms with E-state index in [0.717, 1.165) is 5.69 Å². The van der Waals surface area contributed by atoms with Crippen molar-refractivity contribution >= 4 is 11.6 Å². The molecule has 1 atom stereocenters. The Morgan fingerprint density at radius 1 is 1.24 bits per heavy atom. The summed E-state index contributed by atoms with van der Waals surface area (Å²) >= 11 is 0. The first-order chi connectivity index (χ1) is 7.97. The lowest BCUT2D eigenvalue weighted by molar-refractivity contribution is -0.117. The summed E-state index contributed by atoms with van der Waals surface area (Å²) in [6, 6.07) is 6.43. The zero-order valence-electron chi connectivity index (χ0n) is 10.7. The average molecular weight is 229 g/mol. The van der Waals surface area contributed by atoms with Crippen molar-refractivity contribution < 1.29 is 4.79 Å². The van der Waals surface area contributed by atoms with Gasteiger partial charge in [-0.25, -0.2) is 0 Å². The van der Waals surface area contributed by atoms with Crippen molar-refractivity contribution in [3.63, 3.8) is 0 Å². The van der Waals surface area contributed by atoms with E-state index in [1.54, 1.807) is 0 Å². The van der Waals surface area contributed by atoms with Gasteiger partial charge in [-0.3, -0.25) is 4.79 Å². The molecule has 1 N–H and O–H groups in total. The standard InChI is InChI=1S/C15H19NO/c1-15(2,3)10-6-7-12-11(8-10)13(9-4-5-9)14(17)16-12/h6-9,13H,4-5H2,1-3H3,(H,16,17). The molecule has 0 bridgehead atoms. The maximum absolute atomic E-state index is 12.0. The Hall–Kier alpha value is -1.31. The van der Waals surface area contributed by atoms with E-state index in [1.165, 1.54) is 24.0 Å². The Labute approximate surface area is 102 Å². The molecule has 1 aliphatic carbocycles. The molecule has 2 nitrogen and oxygen atoms in total. The molecule has 1 amide bonds. The van der Waals surface area contributed by atoms with Gasteiger partial charge in [-0.2, -0.15) is 0 Å². The van der Waals surface area contributed by atoms with Crippen LogP contribution in [0.25, 0.3) is 0 Å². The number of hydrogen-bond donors (Lipinski definition) is 1. The van der Waals surface area contributed by atoms with Crippen molar-refractivity contribution in [3.05, 3.63) is 29.3 Å². The van der Waals surface area contributed by atoms with E-state index in [9.17, 15) is 4.79 Å². The minimum atomic E-state index is 0.118. The monoisotopic (exact) mass is 229 g/mol. The van der Waals surface area contributed by atoms with Crippen molar-refractivity contribution in [2.45, 2.75) is 44.9 Å². The average Bonchev–Trinajstić information content (AvgIpc) is 2.99. The first-order valence-electron chi connectivity index (χ1n) is 6.42. The molecule has 90 valence electrons. The third-order valence-corrected chi connectivity index (χ3v) is 3.89. The summed E-state index contributed by atoms with van der Waals surface area (Å²) in [6.45, 7) is 6.64. The molecule has 2 heteroatoms. The topological polar surface area (TPSA) is 29.1 Å². The highest BCUT2D eigenvalue weighted by atomic mass is 16.2. The molecule has 1 fully saturated rings. The van der Waals surface area contributed by atoms with Gasteiger partial charge in [0.05, 0.1) is 5.92 Å². The Kier molecular flexibility index (Phi) is 2.13. The molecule has 0 radical (unpaired) electrons. The molecule has 1 aromatic carbocycles. The van der Waals surface area contributed by atoms with Crippen LogP contribution in [0.15, 0.2) is 18.2 Å². The number of anilines is 1. The molecule has 0 spiro atoms. The molecule has 1 heterocycles. The van der Waals surface area contributed by atoms with Gasteiger partial charge in [0.15, 0.2) is 0 Å². The zero-order valence-corrected chi connectivity index (χ0v) is 10.7. The number of amides is 1. The van der Waals surface area contributed by atoms with Gasteiger partial charge in [0.25, 0.3) is 0 Å². The fraction of sp³-hybridized carbons (Fsp3) is 0.533. The predicted octanol–water partition coefficient (Wildman–Crippen LogP) is 3.43. The highest BCUT2D eigenvalue weighted by Crippen LogP contribution is 2.48. The van der Waals surface area contributed by atoms with Crippen LogP contribution in [0.3, 0.4) is 0 Å². The summed E-state index contributed by atoms with van der Waals surface area (Å²) in [5.41, 5.74) is 3.72. The highest BCUT2D eigenvalue weighted by molar-refractivity contribution is 6.03. The smallest absolute Gasteiger partial charge is 0.232 e. The van der Waals surface area contributed by atoms with Crippen LogP contribution < -0.4 is 5.32 Å². The number of rotatable bonds is 1. The lowest BCUT2D eigenvalue weighted by Crippen LogP contribution is -2.14. The first kappa shape index (κ1) is 10.8. The van der Waals surface area contributed by atoms with E-state index in [2.05, 4.69) is 44.3 Å². The molecule has 0 aromatic heterocycles. The van der Waals surface area contributed by atoms with Crippen LogP contribution in [0.1, 0.15) is 50.7 Å². The molecule has 1 aromatic rings. The van der Waals surface area contributed by atoms with Crippen molar-refractivity contribution in [2.24, 2.45) is 5.92 Å². The molecule has 1 saturated carbocycles. The Morgan fingerprint density at radius 2 is 1.94 bits per heavy atom. The number of benzene rings is 1. The van der Waals surface area contributed by atoms with Crippen LogP contribution in [-0.2, 0) is 10.2 Å². The molecule has 1 aliphatic heterocycles. The summed E-state index contributed by atoms with van der Waals surface area (Å²) in [4.78, 5) is 12.0. The van der Waals surface area contributed by atoms with Gasteiger partial charge >= 0.3 is 0 Å². The molecular formula is C15H19NO. The lowest BCUT2D eigenvalue weighted by atomic mass is 9.84. The van der Waals surface area contributed by atoms with Crippen molar-refractivity contribution in [3.8, 4) is 0 Å². The van der Waals surface area contributed by atoms with Gasteiger partial charge in [-0.15, -0.1) is 0 Å². The predicted molar refractivity (Wildman–Crippen MR) is 69.2 cm³/mol. The number of carbonyl (C=O) groups is 1. The van der Waals surface area contributed by atoms with Crippen LogP contribution in [0.5, 0.6) is 0 Å². The van der Waals surface area contributed by atoms with Crippen LogP contribution in [0.2, 0.25) is 0 Å². The third-order valence-electron chi connectivity index (χ3n) is 3.89. The molecule has 17 heavy (non-hydrogen) atoms. The zero-order chi connectivity index (χ0) is 12.2. The number of fused-ring (bicyclic) bond motifs is 1. The second-order valence-corrected chi connectivity index (χ2v) is 6.36. The van der Waals surface area contributed by atoms with E-state index < -0.39 is 0 Å². The fourth-order valence-corrected chi connectivity index (χ4v) is 2.65. The van der Waals surface area contributed by atoms with Gasteiger partial charge < -0.3 is 5.32 Å². The van der Waals surface area contributed by atoms with Crippen molar-refractivity contribution in [2.75, 3.05) is 5.32 Å². The minimum Gasteiger partial charge on any atom is -0.325 e. The summed E-state index contributed by atoms with van der Waals surface area (Å²) in [5, 5.41) is 3.01. The third kappa shape index (κ3) is 1.76. The summed E-state index contributed by atoms with van der Waals surface area (Å²) in [5.74, 6) is 0.910. The van der Waals surface area contributed by atoms with Crippen molar-refractivity contribution in [1.82, 2.24) is 0 Å². The Balaban J connectivity index is 2.05. The van der Waals surface area contributed by atoms with E-state index >= 15 is 0 Å². The maximum atomic E-state index is 12.0. The second-order valence-electron chi connectivity index (χ2n) is 6.36. The van der Waals surface area contributed by atoms with E-state index in [1.807, 2.05) is 0 Å². The lowest BCUT2D eigenvalue weighted by Gasteiger charge is -2.20. The SMILES string of the molecule is CC(C)(C)c1ccc2c(c1)C(C1CC1)C(=O)N2. The van der Waals surface area contributed by atoms with E-state index in [4.69, 9.17) is 0 Å². The number of nitrogens with one attached hydrogen (secondary N) is 1. The van der Waals surface area contributed by atoms with Crippen LogP contribution >= 0.6 is 0 Å². The van der Waals surface area contributed by atoms with Crippen LogP contribution in [0.4, 0.5) is 5.69 Å². The van der Waals surface area contributed by atoms with Gasteiger partial charge in [0.2, 0.25) is 5.91 Å². The normalized spacial score (nSPS) is 23.5. The van der Waals surface area contributed by atoms with E-state index in [-0.39, 0.29) is 17.2 Å². The van der Waals surface area contributed by atoms with Crippen molar-refractivity contribution in [1.29, 1.82) is 0 Å². The maximum Gasteiger partial charge on any atom is 0.232 e. The van der Waals surface area contributed by atoms with Crippen LogP contribution in [-0.4, -0.2) is 5.91 Å². The summed E-state index contributed by atoms with van der Waals surface area (Å²) < 4.78 is 0. The molecule has 0 saturated heterocycles.